The number of carbonyl (C=O) groups excluding carboxylic acids is 2. The van der Waals surface area contributed by atoms with Gasteiger partial charge in [0.15, 0.2) is 0 Å². The van der Waals surface area contributed by atoms with Crippen LogP contribution in [0.25, 0.3) is 6.08 Å². The van der Waals surface area contributed by atoms with E-state index in [1.54, 1.807) is 24.1 Å². The summed E-state index contributed by atoms with van der Waals surface area (Å²) in [5.41, 5.74) is 13.5. The minimum Gasteiger partial charge on any atom is -0.462 e. The smallest absolute Gasteiger partial charge is 0.409 e. The lowest BCUT2D eigenvalue weighted by molar-refractivity contribution is -0.144. The zero-order valence-corrected chi connectivity index (χ0v) is 17.5. The van der Waals surface area contributed by atoms with Gasteiger partial charge in [-0.2, -0.15) is 0 Å². The maximum atomic E-state index is 12.6. The van der Waals surface area contributed by atoms with E-state index in [4.69, 9.17) is 20.9 Å². The molecular weight excluding hydrogens is 384 g/mol. The van der Waals surface area contributed by atoms with Crippen molar-refractivity contribution in [3.63, 3.8) is 0 Å². The molecule has 0 radical (unpaired) electrons. The molecule has 1 saturated carbocycles. The number of piperidine rings is 1. The van der Waals surface area contributed by atoms with Gasteiger partial charge in [0.05, 0.1) is 30.1 Å². The van der Waals surface area contributed by atoms with Gasteiger partial charge in [-0.1, -0.05) is 6.08 Å². The molecule has 4 N–H and O–H groups in total. The van der Waals surface area contributed by atoms with Crippen molar-refractivity contribution >= 4 is 23.8 Å². The molecule has 8 heteroatoms. The third kappa shape index (κ3) is 3.53. The molecule has 4 rings (SSSR count). The van der Waals surface area contributed by atoms with Gasteiger partial charge in [0.1, 0.15) is 6.10 Å². The second-order valence-electron chi connectivity index (χ2n) is 8.66. The fraction of sp³-hybridized carbons (Fsp3) is 0.591. The molecule has 1 aromatic rings. The topological polar surface area (TPSA) is 121 Å². The number of cyclic esters (lactones) is 1. The molecule has 0 bridgehead atoms. The van der Waals surface area contributed by atoms with Gasteiger partial charge in [-0.15, -0.1) is 0 Å². The van der Waals surface area contributed by atoms with Crippen LogP contribution >= 0.6 is 0 Å². The lowest BCUT2D eigenvalue weighted by atomic mass is 9.55. The quantitative estimate of drug-likeness (QED) is 0.726. The Balaban J connectivity index is 1.65. The first kappa shape index (κ1) is 20.7. The number of esters is 1. The SMILES string of the molecule is CCOC(=O)N1CCC2C(CC3C(=O)OC(C)C3C2(N)/C=C/c2ccc(N)cn2)C1. The fourth-order valence-electron chi connectivity index (χ4n) is 5.68. The number of ether oxygens (including phenoxy) is 2. The van der Waals surface area contributed by atoms with E-state index in [0.29, 0.717) is 31.8 Å². The number of amides is 1. The number of nitrogens with zero attached hydrogens (tertiary/aromatic N) is 2. The van der Waals surface area contributed by atoms with E-state index in [0.717, 1.165) is 12.1 Å². The molecule has 1 amide bonds. The number of hydrogen-bond donors (Lipinski definition) is 2. The molecule has 0 aromatic carbocycles. The zero-order valence-electron chi connectivity index (χ0n) is 17.5. The van der Waals surface area contributed by atoms with E-state index in [-0.39, 0.29) is 41.8 Å². The lowest BCUT2D eigenvalue weighted by Gasteiger charge is -2.53. The molecule has 2 aliphatic heterocycles. The van der Waals surface area contributed by atoms with E-state index in [1.165, 1.54) is 0 Å². The van der Waals surface area contributed by atoms with Gasteiger partial charge in [-0.3, -0.25) is 9.78 Å². The Labute approximate surface area is 176 Å². The summed E-state index contributed by atoms with van der Waals surface area (Å²) in [6.45, 7) is 5.20. The van der Waals surface area contributed by atoms with Crippen molar-refractivity contribution in [1.29, 1.82) is 0 Å². The molecule has 3 aliphatic rings. The van der Waals surface area contributed by atoms with Crippen molar-refractivity contribution in [3.8, 4) is 0 Å². The van der Waals surface area contributed by atoms with Crippen LogP contribution in [0.5, 0.6) is 0 Å². The van der Waals surface area contributed by atoms with Crippen LogP contribution in [0.1, 0.15) is 32.4 Å². The molecule has 0 spiro atoms. The highest BCUT2D eigenvalue weighted by Crippen LogP contribution is 2.52. The molecule has 6 unspecified atom stereocenters. The molecule has 6 atom stereocenters. The van der Waals surface area contributed by atoms with Crippen LogP contribution < -0.4 is 11.5 Å². The molecule has 3 heterocycles. The summed E-state index contributed by atoms with van der Waals surface area (Å²) in [6.07, 6.45) is 6.40. The van der Waals surface area contributed by atoms with Crippen LogP contribution in [0.4, 0.5) is 10.5 Å². The minimum atomic E-state index is -0.733. The molecule has 30 heavy (non-hydrogen) atoms. The number of rotatable bonds is 3. The van der Waals surface area contributed by atoms with E-state index >= 15 is 0 Å². The Morgan fingerprint density at radius 3 is 2.97 bits per heavy atom. The second kappa shape index (κ2) is 7.91. The van der Waals surface area contributed by atoms with Gasteiger partial charge in [-0.25, -0.2) is 4.79 Å². The van der Waals surface area contributed by atoms with Crippen molar-refractivity contribution in [2.24, 2.45) is 29.4 Å². The predicted octanol–water partition coefficient (Wildman–Crippen LogP) is 2.05. The van der Waals surface area contributed by atoms with Gasteiger partial charge in [0.2, 0.25) is 0 Å². The second-order valence-corrected chi connectivity index (χ2v) is 8.66. The molecule has 1 aromatic heterocycles. The minimum absolute atomic E-state index is 0.106. The van der Waals surface area contributed by atoms with Gasteiger partial charge < -0.3 is 25.8 Å². The van der Waals surface area contributed by atoms with Crippen molar-refractivity contribution < 1.29 is 19.1 Å². The van der Waals surface area contributed by atoms with E-state index in [2.05, 4.69) is 4.98 Å². The van der Waals surface area contributed by atoms with Crippen molar-refractivity contribution in [1.82, 2.24) is 9.88 Å². The standard InChI is InChI=1S/C22H30N4O4/c1-3-29-21(28)26-9-7-18-14(12-26)10-17-19(13(2)30-20(17)27)22(18,24)8-6-16-5-4-15(23)11-25-16/h4-6,8,11,13-14,17-19H,3,7,9-10,12,23-24H2,1-2H3/b8-6+. The van der Waals surface area contributed by atoms with Gasteiger partial charge in [-0.05, 0) is 56.7 Å². The number of carbonyl (C=O) groups is 2. The van der Waals surface area contributed by atoms with E-state index in [9.17, 15) is 9.59 Å². The van der Waals surface area contributed by atoms with Gasteiger partial charge in [0.25, 0.3) is 0 Å². The average Bonchev–Trinajstić information content (AvgIpc) is 3.01. The maximum Gasteiger partial charge on any atom is 0.409 e. The van der Waals surface area contributed by atoms with Crippen LogP contribution in [0, 0.1) is 23.7 Å². The van der Waals surface area contributed by atoms with Crippen LogP contribution in [0.15, 0.2) is 24.4 Å². The molecule has 8 nitrogen and oxygen atoms in total. The first-order valence-electron chi connectivity index (χ1n) is 10.6. The number of hydrogen-bond acceptors (Lipinski definition) is 7. The van der Waals surface area contributed by atoms with E-state index < -0.39 is 5.54 Å². The molecule has 1 aliphatic carbocycles. The summed E-state index contributed by atoms with van der Waals surface area (Å²) in [6, 6.07) is 3.64. The third-order valence-electron chi connectivity index (χ3n) is 6.93. The maximum absolute atomic E-state index is 12.6. The number of likely N-dealkylation sites (tertiary alicyclic amines) is 1. The highest BCUT2D eigenvalue weighted by molar-refractivity contribution is 5.76. The van der Waals surface area contributed by atoms with Crippen LogP contribution in [-0.4, -0.2) is 53.3 Å². The molecule has 162 valence electrons. The van der Waals surface area contributed by atoms with Gasteiger partial charge in [0, 0.05) is 24.5 Å². The number of fused-ring (bicyclic) bond motifs is 2. The normalized spacial score (nSPS) is 35.6. The summed E-state index contributed by atoms with van der Waals surface area (Å²) in [5, 5.41) is 0. The summed E-state index contributed by atoms with van der Waals surface area (Å²) in [7, 11) is 0. The number of pyridine rings is 1. The van der Waals surface area contributed by atoms with Crippen molar-refractivity contribution in [2.75, 3.05) is 25.4 Å². The molecule has 3 fully saturated rings. The zero-order chi connectivity index (χ0) is 21.5. The lowest BCUT2D eigenvalue weighted by Crippen LogP contribution is -2.64. The molecule has 2 saturated heterocycles. The van der Waals surface area contributed by atoms with Crippen molar-refractivity contribution in [2.45, 2.75) is 38.3 Å². The Morgan fingerprint density at radius 2 is 2.27 bits per heavy atom. The summed E-state index contributed by atoms with van der Waals surface area (Å²) in [4.78, 5) is 30.9. The van der Waals surface area contributed by atoms with Crippen LogP contribution in [0.3, 0.4) is 0 Å². The number of nitrogens with two attached hydrogens (primary N) is 2. The number of aromatic nitrogens is 1. The van der Waals surface area contributed by atoms with Crippen LogP contribution in [0.2, 0.25) is 0 Å². The summed E-state index contributed by atoms with van der Waals surface area (Å²) in [5.74, 6) is -0.321. The first-order valence-corrected chi connectivity index (χ1v) is 10.6. The first-order chi connectivity index (χ1) is 14.3. The Kier molecular flexibility index (Phi) is 5.44. The number of nitrogen functional groups attached to an aromatic ring is 1. The fourth-order valence-corrected chi connectivity index (χ4v) is 5.68. The number of anilines is 1. The highest BCUT2D eigenvalue weighted by Gasteiger charge is 2.60. The molecular formula is C22H30N4O4. The van der Waals surface area contributed by atoms with Crippen LogP contribution in [-0.2, 0) is 14.3 Å². The highest BCUT2D eigenvalue weighted by atomic mass is 16.6. The summed E-state index contributed by atoms with van der Waals surface area (Å²) < 4.78 is 10.8. The average molecular weight is 415 g/mol. The Bertz CT molecular complexity index is 842. The Morgan fingerprint density at radius 1 is 1.47 bits per heavy atom. The van der Waals surface area contributed by atoms with E-state index in [1.807, 2.05) is 25.1 Å². The Hall–Kier alpha value is -2.61. The van der Waals surface area contributed by atoms with Crippen molar-refractivity contribution in [3.05, 3.63) is 30.1 Å². The third-order valence-corrected chi connectivity index (χ3v) is 6.93. The largest absolute Gasteiger partial charge is 0.462 e. The summed E-state index contributed by atoms with van der Waals surface area (Å²) >= 11 is 0. The predicted molar refractivity (Wildman–Crippen MR) is 112 cm³/mol. The monoisotopic (exact) mass is 414 g/mol. The van der Waals surface area contributed by atoms with Gasteiger partial charge >= 0.3 is 12.1 Å².